The molecular formula is C13H20O3. The van der Waals surface area contributed by atoms with Gasteiger partial charge in [-0.25, -0.2) is 0 Å². The topological polar surface area (TPSA) is 35.5 Å². The second kappa shape index (κ2) is 4.86. The zero-order valence-electron chi connectivity index (χ0n) is 10.6. The Labute approximate surface area is 97.1 Å². The summed E-state index contributed by atoms with van der Waals surface area (Å²) in [4.78, 5) is 11.8. The van der Waals surface area contributed by atoms with Crippen LogP contribution in [0.1, 0.15) is 34.6 Å². The highest BCUT2D eigenvalue weighted by atomic mass is 16.7. The maximum Gasteiger partial charge on any atom is 0.318 e. The summed E-state index contributed by atoms with van der Waals surface area (Å²) in [5, 5.41) is 0. The molecule has 1 rings (SSSR count). The molecule has 1 aliphatic rings. The lowest BCUT2D eigenvalue weighted by Crippen LogP contribution is -2.46. The SMILES string of the molecule is CC=C=C[C@H]1C(=O)O[C@H](C(C)(C)C)O[C@@H]1C. The number of rotatable bonds is 1. The molecule has 0 radical (unpaired) electrons. The average molecular weight is 224 g/mol. The van der Waals surface area contributed by atoms with Crippen molar-refractivity contribution in [1.29, 1.82) is 0 Å². The minimum atomic E-state index is -0.467. The Hall–Kier alpha value is -1.05. The average Bonchev–Trinajstić information content (AvgIpc) is 2.15. The zero-order valence-corrected chi connectivity index (χ0v) is 10.6. The van der Waals surface area contributed by atoms with E-state index in [0.717, 1.165) is 0 Å². The molecule has 0 bridgehead atoms. The Morgan fingerprint density at radius 1 is 1.38 bits per heavy atom. The van der Waals surface area contributed by atoms with Crippen LogP contribution in [0.3, 0.4) is 0 Å². The summed E-state index contributed by atoms with van der Waals surface area (Å²) in [7, 11) is 0. The van der Waals surface area contributed by atoms with Gasteiger partial charge in [-0.3, -0.25) is 4.79 Å². The molecule has 0 aromatic rings. The van der Waals surface area contributed by atoms with Gasteiger partial charge in [0, 0.05) is 5.41 Å². The summed E-state index contributed by atoms with van der Waals surface area (Å²) in [5.74, 6) is -0.581. The van der Waals surface area contributed by atoms with Crippen molar-refractivity contribution in [2.45, 2.75) is 47.0 Å². The summed E-state index contributed by atoms with van der Waals surface area (Å²) in [6.07, 6.45) is 2.82. The molecule has 0 aromatic heterocycles. The third-order valence-corrected chi connectivity index (χ3v) is 2.49. The van der Waals surface area contributed by atoms with Gasteiger partial charge in [-0.05, 0) is 26.0 Å². The summed E-state index contributed by atoms with van der Waals surface area (Å²) < 4.78 is 11.0. The van der Waals surface area contributed by atoms with Gasteiger partial charge in [0.2, 0.25) is 6.29 Å². The van der Waals surface area contributed by atoms with Gasteiger partial charge in [0.15, 0.2) is 0 Å². The van der Waals surface area contributed by atoms with Crippen LogP contribution in [0, 0.1) is 11.3 Å². The maximum absolute atomic E-state index is 11.8. The Morgan fingerprint density at radius 3 is 2.44 bits per heavy atom. The van der Waals surface area contributed by atoms with E-state index in [2.05, 4.69) is 5.73 Å². The highest BCUT2D eigenvalue weighted by Crippen LogP contribution is 2.31. The number of carbonyl (C=O) groups is 1. The third kappa shape index (κ3) is 2.97. The fraction of sp³-hybridized carbons (Fsp3) is 0.692. The van der Waals surface area contributed by atoms with Crippen molar-refractivity contribution in [2.75, 3.05) is 0 Å². The van der Waals surface area contributed by atoms with Crippen molar-refractivity contribution < 1.29 is 14.3 Å². The minimum Gasteiger partial charge on any atom is -0.435 e. The summed E-state index contributed by atoms with van der Waals surface area (Å²) in [5.41, 5.74) is 2.71. The van der Waals surface area contributed by atoms with Crippen LogP contribution < -0.4 is 0 Å². The number of cyclic esters (lactones) is 1. The number of carbonyl (C=O) groups excluding carboxylic acids is 1. The molecule has 1 aliphatic heterocycles. The standard InChI is InChI=1S/C13H20O3/c1-6-7-8-10-9(2)15-12(13(3,4)5)16-11(10)14/h6,8-10,12H,1-5H3/t7?,9-,10-,12-/m1/s1. The molecule has 90 valence electrons. The monoisotopic (exact) mass is 224 g/mol. The molecule has 0 saturated carbocycles. The number of hydrogen-bond acceptors (Lipinski definition) is 3. The van der Waals surface area contributed by atoms with Crippen molar-refractivity contribution >= 4 is 5.97 Å². The molecule has 0 spiro atoms. The van der Waals surface area contributed by atoms with Crippen molar-refractivity contribution in [1.82, 2.24) is 0 Å². The first kappa shape index (κ1) is 13.0. The molecule has 0 aliphatic carbocycles. The second-order valence-electron chi connectivity index (χ2n) is 5.12. The number of hydrogen-bond donors (Lipinski definition) is 0. The molecule has 0 N–H and O–H groups in total. The molecule has 3 heteroatoms. The van der Waals surface area contributed by atoms with E-state index in [1.807, 2.05) is 34.6 Å². The van der Waals surface area contributed by atoms with E-state index in [4.69, 9.17) is 9.47 Å². The van der Waals surface area contributed by atoms with Crippen LogP contribution in [-0.2, 0) is 14.3 Å². The normalized spacial score (nSPS) is 30.3. The van der Waals surface area contributed by atoms with Crippen LogP contribution in [0.25, 0.3) is 0 Å². The Kier molecular flexibility index (Phi) is 3.95. The quantitative estimate of drug-likeness (QED) is 0.507. The molecule has 1 saturated heterocycles. The molecule has 0 amide bonds. The lowest BCUT2D eigenvalue weighted by Gasteiger charge is -2.38. The van der Waals surface area contributed by atoms with Crippen molar-refractivity contribution in [3.63, 3.8) is 0 Å². The van der Waals surface area contributed by atoms with Gasteiger partial charge in [-0.2, -0.15) is 0 Å². The van der Waals surface area contributed by atoms with E-state index in [0.29, 0.717) is 0 Å². The van der Waals surface area contributed by atoms with Gasteiger partial charge in [0.1, 0.15) is 5.92 Å². The van der Waals surface area contributed by atoms with Crippen molar-refractivity contribution in [3.05, 3.63) is 17.9 Å². The van der Waals surface area contributed by atoms with Crippen molar-refractivity contribution in [3.8, 4) is 0 Å². The van der Waals surface area contributed by atoms with Crippen LogP contribution in [0.2, 0.25) is 0 Å². The molecule has 3 atom stereocenters. The van der Waals surface area contributed by atoms with Gasteiger partial charge in [-0.1, -0.05) is 20.8 Å². The lowest BCUT2D eigenvalue weighted by atomic mass is 9.93. The molecule has 16 heavy (non-hydrogen) atoms. The van der Waals surface area contributed by atoms with E-state index in [9.17, 15) is 4.79 Å². The van der Waals surface area contributed by atoms with Crippen LogP contribution in [0.15, 0.2) is 17.9 Å². The Morgan fingerprint density at radius 2 is 2.00 bits per heavy atom. The first-order valence-electron chi connectivity index (χ1n) is 5.59. The lowest BCUT2D eigenvalue weighted by molar-refractivity contribution is -0.249. The highest BCUT2D eigenvalue weighted by Gasteiger charge is 2.40. The van der Waals surface area contributed by atoms with Crippen molar-refractivity contribution in [2.24, 2.45) is 11.3 Å². The van der Waals surface area contributed by atoms with E-state index in [-0.39, 0.29) is 23.4 Å². The maximum atomic E-state index is 11.8. The van der Waals surface area contributed by atoms with Gasteiger partial charge >= 0.3 is 5.97 Å². The van der Waals surface area contributed by atoms with Crippen LogP contribution in [-0.4, -0.2) is 18.4 Å². The largest absolute Gasteiger partial charge is 0.435 e. The summed E-state index contributed by atoms with van der Waals surface area (Å²) in [6, 6.07) is 0. The first-order chi connectivity index (χ1) is 7.36. The second-order valence-corrected chi connectivity index (χ2v) is 5.12. The highest BCUT2D eigenvalue weighted by molar-refractivity contribution is 5.75. The predicted molar refractivity (Wildman–Crippen MR) is 61.7 cm³/mol. The molecule has 0 unspecified atom stereocenters. The Balaban J connectivity index is 2.79. The predicted octanol–water partition coefficient (Wildman–Crippen LogP) is 2.67. The van der Waals surface area contributed by atoms with E-state index in [1.54, 1.807) is 12.2 Å². The fourth-order valence-corrected chi connectivity index (χ4v) is 1.47. The Bertz CT molecular complexity index is 319. The van der Waals surface area contributed by atoms with Gasteiger partial charge in [0.05, 0.1) is 6.10 Å². The van der Waals surface area contributed by atoms with E-state index >= 15 is 0 Å². The minimum absolute atomic E-state index is 0.169. The van der Waals surface area contributed by atoms with Crippen LogP contribution in [0.4, 0.5) is 0 Å². The van der Waals surface area contributed by atoms with Crippen LogP contribution in [0.5, 0.6) is 0 Å². The van der Waals surface area contributed by atoms with Gasteiger partial charge < -0.3 is 9.47 Å². The molecule has 1 heterocycles. The number of esters is 1. The fourth-order valence-electron chi connectivity index (χ4n) is 1.47. The summed E-state index contributed by atoms with van der Waals surface area (Å²) in [6.45, 7) is 9.70. The third-order valence-electron chi connectivity index (χ3n) is 2.49. The summed E-state index contributed by atoms with van der Waals surface area (Å²) >= 11 is 0. The number of ether oxygens (including phenoxy) is 2. The molecule has 1 fully saturated rings. The van der Waals surface area contributed by atoms with Gasteiger partial charge in [0.25, 0.3) is 0 Å². The molecule has 0 aromatic carbocycles. The van der Waals surface area contributed by atoms with Crippen LogP contribution >= 0.6 is 0 Å². The smallest absolute Gasteiger partial charge is 0.318 e. The van der Waals surface area contributed by atoms with E-state index in [1.165, 1.54) is 0 Å². The van der Waals surface area contributed by atoms with Gasteiger partial charge in [-0.15, -0.1) is 5.73 Å². The van der Waals surface area contributed by atoms with E-state index < -0.39 is 6.29 Å². The zero-order chi connectivity index (χ0) is 12.3. The first-order valence-corrected chi connectivity index (χ1v) is 5.59. The molecule has 3 nitrogen and oxygen atoms in total. The molecular weight excluding hydrogens is 204 g/mol.